The number of ether oxygens (including phenoxy) is 2. The summed E-state index contributed by atoms with van der Waals surface area (Å²) in [7, 11) is 1.95. The molecule has 0 bridgehead atoms. The number of likely N-dealkylation sites (tertiary alicyclic amines) is 1. The Bertz CT molecular complexity index is 964. The molecule has 1 aromatic heterocycles. The maximum atomic E-state index is 5.78. The van der Waals surface area contributed by atoms with Crippen LogP contribution in [0, 0.1) is 0 Å². The topological polar surface area (TPSA) is 39.5 Å². The first-order chi connectivity index (χ1) is 13.8. The number of hydrogen-bond acceptors (Lipinski definition) is 4. The Kier molecular flexibility index (Phi) is 4.53. The van der Waals surface area contributed by atoms with Gasteiger partial charge in [-0.25, -0.2) is 0 Å². The minimum absolute atomic E-state index is 0.439. The van der Waals surface area contributed by atoms with Crippen LogP contribution in [0.5, 0.6) is 11.5 Å². The Hall–Kier alpha value is -2.79. The molecule has 0 radical (unpaired) electrons. The van der Waals surface area contributed by atoms with Gasteiger partial charge in [0, 0.05) is 31.4 Å². The molecule has 0 unspecified atom stereocenters. The van der Waals surface area contributed by atoms with Crippen molar-refractivity contribution in [1.82, 2.24) is 14.7 Å². The molecule has 1 fully saturated rings. The van der Waals surface area contributed by atoms with Crippen LogP contribution in [-0.4, -0.2) is 34.4 Å². The maximum absolute atomic E-state index is 5.78. The summed E-state index contributed by atoms with van der Waals surface area (Å²) in [6.45, 7) is 3.36. The van der Waals surface area contributed by atoms with Crippen molar-refractivity contribution in [2.24, 2.45) is 7.05 Å². The summed E-state index contributed by atoms with van der Waals surface area (Å²) in [6.07, 6.45) is 6.38. The van der Waals surface area contributed by atoms with E-state index in [1.807, 2.05) is 24.1 Å². The third-order valence-corrected chi connectivity index (χ3v) is 5.69. The molecule has 5 nitrogen and oxygen atoms in total. The molecule has 0 N–H and O–H groups in total. The van der Waals surface area contributed by atoms with Gasteiger partial charge >= 0.3 is 0 Å². The summed E-state index contributed by atoms with van der Waals surface area (Å²) in [5.41, 5.74) is 5.04. The molecule has 1 atom stereocenters. The first-order valence-electron chi connectivity index (χ1n) is 9.98. The number of hydrogen-bond donors (Lipinski definition) is 0. The van der Waals surface area contributed by atoms with E-state index in [2.05, 4.69) is 52.5 Å². The van der Waals surface area contributed by atoms with Crippen molar-refractivity contribution < 1.29 is 9.47 Å². The van der Waals surface area contributed by atoms with E-state index >= 15 is 0 Å². The second-order valence-electron chi connectivity index (χ2n) is 7.63. The molecule has 0 spiro atoms. The second kappa shape index (κ2) is 7.32. The van der Waals surface area contributed by atoms with Gasteiger partial charge in [-0.2, -0.15) is 5.10 Å². The van der Waals surface area contributed by atoms with Gasteiger partial charge in [0.25, 0.3) is 0 Å². The zero-order chi connectivity index (χ0) is 18.9. The van der Waals surface area contributed by atoms with E-state index in [-0.39, 0.29) is 0 Å². The van der Waals surface area contributed by atoms with Gasteiger partial charge < -0.3 is 9.47 Å². The maximum Gasteiger partial charge on any atom is 0.161 e. The Morgan fingerprint density at radius 1 is 1.00 bits per heavy atom. The predicted molar refractivity (Wildman–Crippen MR) is 108 cm³/mol. The zero-order valence-corrected chi connectivity index (χ0v) is 16.2. The molecule has 0 aliphatic carbocycles. The summed E-state index contributed by atoms with van der Waals surface area (Å²) < 4.78 is 13.3. The summed E-state index contributed by atoms with van der Waals surface area (Å²) in [5, 5.41) is 4.26. The van der Waals surface area contributed by atoms with Crippen LogP contribution in [0.1, 0.15) is 30.0 Å². The van der Waals surface area contributed by atoms with E-state index in [0.29, 0.717) is 19.3 Å². The first kappa shape index (κ1) is 17.3. The first-order valence-corrected chi connectivity index (χ1v) is 9.98. The zero-order valence-electron chi connectivity index (χ0n) is 16.2. The second-order valence-corrected chi connectivity index (χ2v) is 7.63. The minimum atomic E-state index is 0.439. The van der Waals surface area contributed by atoms with Crippen molar-refractivity contribution in [3.05, 3.63) is 66.0 Å². The highest BCUT2D eigenvalue weighted by molar-refractivity contribution is 5.61. The van der Waals surface area contributed by atoms with Gasteiger partial charge in [-0.15, -0.1) is 0 Å². The molecule has 5 heteroatoms. The van der Waals surface area contributed by atoms with E-state index < -0.39 is 0 Å². The molecule has 0 amide bonds. The van der Waals surface area contributed by atoms with E-state index in [1.54, 1.807) is 0 Å². The molecule has 5 rings (SSSR count). The fourth-order valence-corrected chi connectivity index (χ4v) is 4.27. The van der Waals surface area contributed by atoms with E-state index in [4.69, 9.17) is 9.47 Å². The molecule has 28 heavy (non-hydrogen) atoms. The Morgan fingerprint density at radius 3 is 2.61 bits per heavy atom. The molecule has 3 aromatic rings. The van der Waals surface area contributed by atoms with Crippen molar-refractivity contribution in [2.45, 2.75) is 25.4 Å². The van der Waals surface area contributed by atoms with Crippen molar-refractivity contribution in [1.29, 1.82) is 0 Å². The predicted octanol–water partition coefficient (Wildman–Crippen LogP) is 4.20. The van der Waals surface area contributed by atoms with Crippen molar-refractivity contribution in [3.63, 3.8) is 0 Å². The average Bonchev–Trinajstić information content (AvgIpc) is 3.37. The Labute approximate surface area is 165 Å². The SMILES string of the molecule is Cn1cc(-c2ccc(CN3CCC[C@@H]3c3ccc4c(c3)OCCO4)cc2)cn1. The molecule has 144 valence electrons. The molecule has 0 saturated carbocycles. The average molecular weight is 375 g/mol. The van der Waals surface area contributed by atoms with Gasteiger partial charge in [0.15, 0.2) is 11.5 Å². The highest BCUT2D eigenvalue weighted by Crippen LogP contribution is 2.38. The monoisotopic (exact) mass is 375 g/mol. The minimum Gasteiger partial charge on any atom is -0.486 e. The summed E-state index contributed by atoms with van der Waals surface area (Å²) >= 11 is 0. The van der Waals surface area contributed by atoms with Crippen molar-refractivity contribution in [3.8, 4) is 22.6 Å². The molecule has 2 aromatic carbocycles. The lowest BCUT2D eigenvalue weighted by Gasteiger charge is -2.26. The molecular formula is C23H25N3O2. The van der Waals surface area contributed by atoms with E-state index in [1.165, 1.54) is 29.5 Å². The number of aryl methyl sites for hydroxylation is 1. The van der Waals surface area contributed by atoms with Crippen LogP contribution in [0.4, 0.5) is 0 Å². The Morgan fingerprint density at radius 2 is 1.82 bits per heavy atom. The van der Waals surface area contributed by atoms with Crippen molar-refractivity contribution in [2.75, 3.05) is 19.8 Å². The van der Waals surface area contributed by atoms with Crippen LogP contribution < -0.4 is 9.47 Å². The summed E-state index contributed by atoms with van der Waals surface area (Å²) in [5.74, 6) is 1.75. The number of aromatic nitrogens is 2. The third-order valence-electron chi connectivity index (χ3n) is 5.69. The van der Waals surface area contributed by atoms with Crippen LogP contribution in [-0.2, 0) is 13.6 Å². The van der Waals surface area contributed by atoms with Crippen LogP contribution in [0.2, 0.25) is 0 Å². The van der Waals surface area contributed by atoms with Gasteiger partial charge in [0.2, 0.25) is 0 Å². The number of nitrogens with zero attached hydrogens (tertiary/aromatic N) is 3. The largest absolute Gasteiger partial charge is 0.486 e. The third kappa shape index (κ3) is 3.38. The lowest BCUT2D eigenvalue weighted by molar-refractivity contribution is 0.170. The molecule has 2 aliphatic rings. The summed E-state index contributed by atoms with van der Waals surface area (Å²) in [6, 6.07) is 15.7. The van der Waals surface area contributed by atoms with Gasteiger partial charge in [0.05, 0.1) is 6.20 Å². The quantitative estimate of drug-likeness (QED) is 0.685. The van der Waals surface area contributed by atoms with Gasteiger partial charge in [-0.05, 0) is 48.2 Å². The molecule has 1 saturated heterocycles. The molecular weight excluding hydrogens is 350 g/mol. The van der Waals surface area contributed by atoms with Gasteiger partial charge in [-0.3, -0.25) is 9.58 Å². The van der Waals surface area contributed by atoms with Crippen LogP contribution in [0.3, 0.4) is 0 Å². The fraction of sp³-hybridized carbons (Fsp3) is 0.348. The highest BCUT2D eigenvalue weighted by atomic mass is 16.6. The number of benzene rings is 2. The van der Waals surface area contributed by atoms with E-state index in [9.17, 15) is 0 Å². The van der Waals surface area contributed by atoms with Gasteiger partial charge in [0.1, 0.15) is 13.2 Å². The fourth-order valence-electron chi connectivity index (χ4n) is 4.27. The number of fused-ring (bicyclic) bond motifs is 1. The normalized spacial score (nSPS) is 19.1. The van der Waals surface area contributed by atoms with Crippen LogP contribution >= 0.6 is 0 Å². The lowest BCUT2D eigenvalue weighted by atomic mass is 10.0. The van der Waals surface area contributed by atoms with Gasteiger partial charge in [-0.1, -0.05) is 30.3 Å². The van der Waals surface area contributed by atoms with Crippen LogP contribution in [0.15, 0.2) is 54.9 Å². The standard InChI is InChI=1S/C23H25N3O2/c1-25-16-20(14-24-25)18-6-4-17(5-7-18)15-26-10-2-3-21(26)19-8-9-22-23(13-19)28-12-11-27-22/h4-9,13-14,16,21H,2-3,10-12,15H2,1H3/t21-/m1/s1. The van der Waals surface area contributed by atoms with E-state index in [0.717, 1.165) is 30.2 Å². The van der Waals surface area contributed by atoms with Crippen molar-refractivity contribution >= 4 is 0 Å². The number of rotatable bonds is 4. The molecule has 2 aliphatic heterocycles. The lowest BCUT2D eigenvalue weighted by Crippen LogP contribution is -2.23. The molecule has 3 heterocycles. The smallest absolute Gasteiger partial charge is 0.161 e. The Balaban J connectivity index is 1.32. The highest BCUT2D eigenvalue weighted by Gasteiger charge is 2.27. The van der Waals surface area contributed by atoms with Crippen LogP contribution in [0.25, 0.3) is 11.1 Å². The summed E-state index contributed by atoms with van der Waals surface area (Å²) in [4.78, 5) is 2.57.